The maximum atomic E-state index is 10.8. The van der Waals surface area contributed by atoms with E-state index in [0.717, 1.165) is 6.42 Å². The molecule has 1 aromatic heterocycles. The van der Waals surface area contributed by atoms with Crippen molar-refractivity contribution in [2.75, 3.05) is 5.43 Å². The smallest absolute Gasteiger partial charge is 0.336 e. The molecule has 11 nitrogen and oxygen atoms in total. The molecule has 12 heteroatoms. The molecule has 0 aliphatic rings. The molecule has 1 unspecified atom stereocenters. The van der Waals surface area contributed by atoms with Crippen LogP contribution in [0.1, 0.15) is 20.3 Å². The molecule has 1 radical (unpaired) electrons. The third-order valence-electron chi connectivity index (χ3n) is 2.09. The van der Waals surface area contributed by atoms with Gasteiger partial charge in [-0.25, -0.2) is 19.1 Å². The zero-order chi connectivity index (χ0) is 15.9. The Balaban J connectivity index is 0. The molecule has 1 atom stereocenters. The summed E-state index contributed by atoms with van der Waals surface area (Å²) in [6, 6.07) is -1.35. The SMILES string of the molecule is CCC(C)C(=O)O.[NH-]C(=O)Nn1c(=O)[nH]c(=O)[nH]c1=O.[Y]. The van der Waals surface area contributed by atoms with Crippen LogP contribution in [0.4, 0.5) is 4.79 Å². The average Bonchev–Trinajstić information content (AvgIpc) is 2.33. The van der Waals surface area contributed by atoms with Crippen molar-refractivity contribution in [3.05, 3.63) is 37.2 Å². The molecule has 21 heavy (non-hydrogen) atoms. The summed E-state index contributed by atoms with van der Waals surface area (Å²) in [5.41, 5.74) is 4.78. The Bertz CT molecular complexity index is 613. The molecule has 0 saturated carbocycles. The molecule has 1 heterocycles. The van der Waals surface area contributed by atoms with Crippen LogP contribution in [-0.2, 0) is 37.5 Å². The number of nitrogens with one attached hydrogen (secondary N) is 4. The maximum absolute atomic E-state index is 10.8. The number of amides is 2. The summed E-state index contributed by atoms with van der Waals surface area (Å²) in [5, 5.41) is 8.18. The van der Waals surface area contributed by atoms with Gasteiger partial charge in [0.05, 0.1) is 5.92 Å². The van der Waals surface area contributed by atoms with Gasteiger partial charge in [0.15, 0.2) is 6.03 Å². The number of aromatic nitrogens is 3. The van der Waals surface area contributed by atoms with Gasteiger partial charge in [-0.2, -0.15) is 0 Å². The molecule has 0 bridgehead atoms. The minimum Gasteiger partial charge on any atom is -0.481 e. The number of nitrogens with zero attached hydrogens (tertiary/aromatic N) is 1. The molecular formula is C9H14N5O6Y-. The van der Waals surface area contributed by atoms with Crippen molar-refractivity contribution >= 4 is 12.0 Å². The number of aromatic amines is 2. The molecule has 5 N–H and O–H groups in total. The van der Waals surface area contributed by atoms with Crippen molar-refractivity contribution in [3.63, 3.8) is 0 Å². The number of carbonyl (C=O) groups is 2. The van der Waals surface area contributed by atoms with Crippen LogP contribution in [0, 0.1) is 5.92 Å². The Kier molecular flexibility index (Phi) is 10.3. The van der Waals surface area contributed by atoms with Crippen LogP contribution in [0.3, 0.4) is 0 Å². The van der Waals surface area contributed by atoms with Crippen LogP contribution >= 0.6 is 0 Å². The molecule has 0 saturated heterocycles. The predicted molar refractivity (Wildman–Crippen MR) is 68.1 cm³/mol. The number of hydrogen-bond acceptors (Lipinski definition) is 5. The van der Waals surface area contributed by atoms with Crippen LogP contribution in [0.15, 0.2) is 14.4 Å². The first-order valence-corrected chi connectivity index (χ1v) is 5.40. The summed E-state index contributed by atoms with van der Waals surface area (Å²) in [4.78, 5) is 55.5. The van der Waals surface area contributed by atoms with Gasteiger partial charge in [0, 0.05) is 32.7 Å². The molecule has 0 spiro atoms. The Hall–Kier alpha value is -1.75. The van der Waals surface area contributed by atoms with Crippen molar-refractivity contribution < 1.29 is 47.4 Å². The fourth-order valence-electron chi connectivity index (χ4n) is 0.807. The van der Waals surface area contributed by atoms with Crippen molar-refractivity contribution in [1.82, 2.24) is 14.6 Å². The Morgan fingerprint density at radius 1 is 1.29 bits per heavy atom. The number of hydrogen-bond donors (Lipinski definition) is 4. The third-order valence-corrected chi connectivity index (χ3v) is 2.09. The van der Waals surface area contributed by atoms with Gasteiger partial charge < -0.3 is 16.3 Å². The van der Waals surface area contributed by atoms with Crippen molar-refractivity contribution in [2.45, 2.75) is 20.3 Å². The molecular weight excluding hydrogens is 363 g/mol. The number of carbonyl (C=O) groups excluding carboxylic acids is 1. The van der Waals surface area contributed by atoms with Crippen LogP contribution in [0.2, 0.25) is 0 Å². The van der Waals surface area contributed by atoms with Crippen molar-refractivity contribution in [3.8, 4) is 0 Å². The van der Waals surface area contributed by atoms with E-state index in [9.17, 15) is 24.0 Å². The van der Waals surface area contributed by atoms with Gasteiger partial charge in [-0.15, -0.1) is 0 Å². The molecule has 0 aromatic carbocycles. The topological polar surface area (TPSA) is 178 Å². The van der Waals surface area contributed by atoms with Gasteiger partial charge >= 0.3 is 23.0 Å². The standard InChI is InChI=1S/C5H10O2.C4H5N5O4.Y/c1-3-4(2)5(6)7;5-1(10)8-9-3(12)6-2(11)7-4(9)13;/h4H,3H2,1-2H3,(H,6,7);(H5,5,6,7,8,10,11,12,13);/p-1. The summed E-state index contributed by atoms with van der Waals surface area (Å²) < 4.78 is 0.177. The van der Waals surface area contributed by atoms with Gasteiger partial charge in [0.1, 0.15) is 0 Å². The van der Waals surface area contributed by atoms with Crippen molar-refractivity contribution in [1.29, 1.82) is 0 Å². The van der Waals surface area contributed by atoms with E-state index in [1.54, 1.807) is 22.3 Å². The van der Waals surface area contributed by atoms with E-state index in [2.05, 4.69) is 0 Å². The number of H-pyrrole nitrogens is 2. The van der Waals surface area contributed by atoms with Gasteiger partial charge in [0.2, 0.25) is 0 Å². The van der Waals surface area contributed by atoms with Gasteiger partial charge in [-0.05, 0) is 6.42 Å². The third kappa shape index (κ3) is 8.20. The van der Waals surface area contributed by atoms with E-state index < -0.39 is 29.1 Å². The van der Waals surface area contributed by atoms with Crippen LogP contribution in [-0.4, -0.2) is 31.8 Å². The van der Waals surface area contributed by atoms with Crippen LogP contribution in [0.5, 0.6) is 0 Å². The second-order valence-corrected chi connectivity index (χ2v) is 3.61. The molecule has 2 amide bonds. The zero-order valence-corrected chi connectivity index (χ0v) is 14.1. The fourth-order valence-corrected chi connectivity index (χ4v) is 0.807. The minimum atomic E-state index is -1.35. The second kappa shape index (κ2) is 10.0. The monoisotopic (exact) mass is 377 g/mol. The summed E-state index contributed by atoms with van der Waals surface area (Å²) in [7, 11) is 0. The van der Waals surface area contributed by atoms with Gasteiger partial charge in [-0.1, -0.05) is 13.8 Å². The molecule has 0 fully saturated rings. The average molecular weight is 377 g/mol. The van der Waals surface area contributed by atoms with E-state index in [1.807, 2.05) is 6.92 Å². The van der Waals surface area contributed by atoms with E-state index in [4.69, 9.17) is 10.8 Å². The van der Waals surface area contributed by atoms with E-state index in [0.29, 0.717) is 0 Å². The van der Waals surface area contributed by atoms with E-state index >= 15 is 0 Å². The largest absolute Gasteiger partial charge is 0.481 e. The zero-order valence-electron chi connectivity index (χ0n) is 11.3. The van der Waals surface area contributed by atoms with Gasteiger partial charge in [0.25, 0.3) is 0 Å². The summed E-state index contributed by atoms with van der Waals surface area (Å²) in [6.45, 7) is 3.56. The maximum Gasteiger partial charge on any atom is 0.336 e. The number of urea groups is 1. The van der Waals surface area contributed by atoms with E-state index in [1.165, 1.54) is 0 Å². The predicted octanol–water partition coefficient (Wildman–Crippen LogP) is -0.945. The minimum absolute atomic E-state index is 0. The van der Waals surface area contributed by atoms with Crippen LogP contribution < -0.4 is 22.5 Å². The Morgan fingerprint density at radius 2 is 1.71 bits per heavy atom. The first-order chi connectivity index (χ1) is 9.18. The Labute approximate surface area is 142 Å². The van der Waals surface area contributed by atoms with E-state index in [-0.39, 0.29) is 43.3 Å². The molecule has 1 rings (SSSR count). The van der Waals surface area contributed by atoms with Gasteiger partial charge in [-0.3, -0.25) is 19.6 Å². The van der Waals surface area contributed by atoms with Crippen molar-refractivity contribution in [2.24, 2.45) is 5.92 Å². The quantitative estimate of drug-likeness (QED) is 0.528. The molecule has 1 aromatic rings. The number of rotatable bonds is 3. The molecule has 115 valence electrons. The second-order valence-electron chi connectivity index (χ2n) is 3.61. The fraction of sp³-hybridized carbons (Fsp3) is 0.444. The normalized spacial score (nSPS) is 10.4. The molecule has 0 aliphatic heterocycles. The van der Waals surface area contributed by atoms with Crippen LogP contribution in [0.25, 0.3) is 5.73 Å². The summed E-state index contributed by atoms with van der Waals surface area (Å²) in [6.07, 6.45) is 0.718. The molecule has 0 aliphatic carbocycles. The summed E-state index contributed by atoms with van der Waals surface area (Å²) >= 11 is 0. The number of carboxylic acid groups (broad SMARTS) is 1. The number of aliphatic carboxylic acids is 1. The first-order valence-electron chi connectivity index (χ1n) is 5.40. The Morgan fingerprint density at radius 3 is 1.95 bits per heavy atom. The first kappa shape index (κ1) is 21.6. The number of carboxylic acids is 1. The summed E-state index contributed by atoms with van der Waals surface area (Å²) in [5.74, 6) is -0.887.